The van der Waals surface area contributed by atoms with E-state index in [-0.39, 0.29) is 11.5 Å². The second kappa shape index (κ2) is 8.56. The van der Waals surface area contributed by atoms with Crippen molar-refractivity contribution in [1.82, 2.24) is 0 Å². The van der Waals surface area contributed by atoms with E-state index in [2.05, 4.69) is 4.99 Å². The van der Waals surface area contributed by atoms with Crippen LogP contribution in [0.5, 0.6) is 17.2 Å². The van der Waals surface area contributed by atoms with E-state index in [0.29, 0.717) is 41.6 Å². The minimum Gasteiger partial charge on any atom is -0.496 e. The summed E-state index contributed by atoms with van der Waals surface area (Å²) >= 11 is 0. The summed E-state index contributed by atoms with van der Waals surface area (Å²) in [6.07, 6.45) is 2.46. The molecule has 0 aromatic heterocycles. The van der Waals surface area contributed by atoms with Gasteiger partial charge >= 0.3 is 5.97 Å². The lowest BCUT2D eigenvalue weighted by Crippen LogP contribution is -2.05. The van der Waals surface area contributed by atoms with Crippen molar-refractivity contribution in [2.45, 2.75) is 12.8 Å². The van der Waals surface area contributed by atoms with Gasteiger partial charge in [-0.2, -0.15) is 0 Å². The highest BCUT2D eigenvalue weighted by atomic mass is 19.1. The number of carbonyl (C=O) groups is 1. The number of rotatable bonds is 7. The van der Waals surface area contributed by atoms with Crippen molar-refractivity contribution < 1.29 is 28.1 Å². The molecule has 2 aromatic rings. The molecule has 0 saturated carbocycles. The Hall–Kier alpha value is -3.35. The van der Waals surface area contributed by atoms with Crippen LogP contribution in [-0.2, 0) is 16.0 Å². The van der Waals surface area contributed by atoms with Gasteiger partial charge in [0.2, 0.25) is 0 Å². The van der Waals surface area contributed by atoms with Crippen LogP contribution in [0.1, 0.15) is 17.5 Å². The molecular weight excluding hydrogens is 365 g/mol. The summed E-state index contributed by atoms with van der Waals surface area (Å²) in [4.78, 5) is 16.4. The Morgan fingerprint density at radius 1 is 1.00 bits per heavy atom. The first-order chi connectivity index (χ1) is 13.5. The third-order valence-corrected chi connectivity index (χ3v) is 4.21. The van der Waals surface area contributed by atoms with Crippen LogP contribution in [0.3, 0.4) is 0 Å². The lowest BCUT2D eigenvalue weighted by atomic mass is 10.1. The van der Waals surface area contributed by atoms with Gasteiger partial charge in [-0.15, -0.1) is 0 Å². The molecule has 7 heteroatoms. The van der Waals surface area contributed by atoms with E-state index in [0.717, 1.165) is 5.56 Å². The summed E-state index contributed by atoms with van der Waals surface area (Å²) in [5.74, 6) is 0.947. The average Bonchev–Trinajstić information content (AvgIpc) is 3.05. The summed E-state index contributed by atoms with van der Waals surface area (Å²) in [5.41, 5.74) is 1.56. The third kappa shape index (κ3) is 4.31. The van der Waals surface area contributed by atoms with Crippen molar-refractivity contribution in [3.63, 3.8) is 0 Å². The van der Waals surface area contributed by atoms with Crippen LogP contribution in [0.4, 0.5) is 4.39 Å². The maximum atomic E-state index is 13.3. The summed E-state index contributed by atoms with van der Waals surface area (Å²) in [6.45, 7) is 0. The quantitative estimate of drug-likeness (QED) is 0.536. The average molecular weight is 385 g/mol. The van der Waals surface area contributed by atoms with E-state index in [1.807, 2.05) is 6.07 Å². The van der Waals surface area contributed by atoms with Crippen LogP contribution >= 0.6 is 0 Å². The number of aliphatic imine (C=N–C) groups is 1. The van der Waals surface area contributed by atoms with Gasteiger partial charge in [0.15, 0.2) is 23.1 Å². The highest BCUT2D eigenvalue weighted by Gasteiger charge is 2.23. The number of hydrogen-bond donors (Lipinski definition) is 0. The van der Waals surface area contributed by atoms with Gasteiger partial charge in [-0.3, -0.25) is 0 Å². The van der Waals surface area contributed by atoms with Crippen molar-refractivity contribution in [1.29, 1.82) is 0 Å². The fourth-order valence-corrected chi connectivity index (χ4v) is 2.82. The van der Waals surface area contributed by atoms with E-state index >= 15 is 0 Å². The van der Waals surface area contributed by atoms with Crippen molar-refractivity contribution in [3.8, 4) is 17.2 Å². The number of halogens is 1. The van der Waals surface area contributed by atoms with E-state index in [1.54, 1.807) is 24.3 Å². The molecule has 0 saturated heterocycles. The molecule has 0 amide bonds. The standard InChI is InChI=1S/C21H20FNO5/c1-25-17-12-19(27-3)18(26-2)11-14(17)10-16-21(24)28-20(23-16)8-7-13-5-4-6-15(22)9-13/h4-6,9-12H,7-8H2,1-3H3/b16-10-. The topological polar surface area (TPSA) is 66.3 Å². The summed E-state index contributed by atoms with van der Waals surface area (Å²) < 4.78 is 34.4. The molecule has 0 bridgehead atoms. The normalized spacial score (nSPS) is 14.6. The molecule has 2 aromatic carbocycles. The molecule has 0 radical (unpaired) electrons. The number of carbonyl (C=O) groups excluding carboxylic acids is 1. The summed E-state index contributed by atoms with van der Waals surface area (Å²) in [5, 5.41) is 0. The predicted octanol–water partition coefficient (Wildman–Crippen LogP) is 3.78. The fraction of sp³-hybridized carbons (Fsp3) is 0.238. The lowest BCUT2D eigenvalue weighted by molar-refractivity contribution is -0.130. The third-order valence-electron chi connectivity index (χ3n) is 4.21. The first kappa shape index (κ1) is 19.4. The molecule has 0 fully saturated rings. The maximum absolute atomic E-state index is 13.3. The molecule has 0 aliphatic carbocycles. The smallest absolute Gasteiger partial charge is 0.363 e. The first-order valence-corrected chi connectivity index (χ1v) is 8.60. The Labute approximate surface area is 162 Å². The molecule has 28 heavy (non-hydrogen) atoms. The molecular formula is C21H20FNO5. The number of aryl methyl sites for hydroxylation is 1. The van der Waals surface area contributed by atoms with Gasteiger partial charge in [0, 0.05) is 18.1 Å². The molecule has 6 nitrogen and oxygen atoms in total. The van der Waals surface area contributed by atoms with Gasteiger partial charge in [0.05, 0.1) is 21.3 Å². The molecule has 0 N–H and O–H groups in total. The highest BCUT2D eigenvalue weighted by Crippen LogP contribution is 2.36. The van der Waals surface area contributed by atoms with Crippen LogP contribution in [0.25, 0.3) is 6.08 Å². The molecule has 0 spiro atoms. The summed E-state index contributed by atoms with van der Waals surface area (Å²) in [6, 6.07) is 9.64. The Bertz CT molecular complexity index is 952. The van der Waals surface area contributed by atoms with Crippen molar-refractivity contribution in [3.05, 3.63) is 59.0 Å². The number of nitrogens with zero attached hydrogens (tertiary/aromatic N) is 1. The van der Waals surface area contributed by atoms with Crippen molar-refractivity contribution in [2.24, 2.45) is 4.99 Å². The second-order valence-corrected chi connectivity index (χ2v) is 6.00. The second-order valence-electron chi connectivity index (χ2n) is 6.00. The Kier molecular flexibility index (Phi) is 5.93. The van der Waals surface area contributed by atoms with Crippen LogP contribution in [0.15, 0.2) is 47.1 Å². The lowest BCUT2D eigenvalue weighted by Gasteiger charge is -2.12. The van der Waals surface area contributed by atoms with Gasteiger partial charge in [0.25, 0.3) is 0 Å². The Morgan fingerprint density at radius 3 is 2.39 bits per heavy atom. The van der Waals surface area contributed by atoms with Gasteiger partial charge in [-0.1, -0.05) is 12.1 Å². The van der Waals surface area contributed by atoms with Crippen molar-refractivity contribution >= 4 is 17.9 Å². The molecule has 1 heterocycles. The first-order valence-electron chi connectivity index (χ1n) is 8.60. The predicted molar refractivity (Wildman–Crippen MR) is 102 cm³/mol. The zero-order valence-corrected chi connectivity index (χ0v) is 15.8. The zero-order chi connectivity index (χ0) is 20.1. The molecule has 1 aliphatic rings. The van der Waals surface area contributed by atoms with Crippen LogP contribution < -0.4 is 14.2 Å². The molecule has 146 valence electrons. The SMILES string of the molecule is COc1cc(OC)c(OC)cc1/C=C1\N=C(CCc2cccc(F)c2)OC1=O. The number of hydrogen-bond acceptors (Lipinski definition) is 6. The number of benzene rings is 2. The van der Waals surface area contributed by atoms with Gasteiger partial charge in [0.1, 0.15) is 11.6 Å². The minimum atomic E-state index is -0.550. The molecule has 0 unspecified atom stereocenters. The zero-order valence-electron chi connectivity index (χ0n) is 15.8. The van der Waals surface area contributed by atoms with Crippen molar-refractivity contribution in [2.75, 3.05) is 21.3 Å². The van der Waals surface area contributed by atoms with Gasteiger partial charge in [-0.25, -0.2) is 14.2 Å². The van der Waals surface area contributed by atoms with E-state index in [1.165, 1.54) is 33.5 Å². The number of methoxy groups -OCH3 is 3. The van der Waals surface area contributed by atoms with Gasteiger partial charge in [-0.05, 0) is 36.3 Å². The van der Waals surface area contributed by atoms with E-state index in [4.69, 9.17) is 18.9 Å². The monoisotopic (exact) mass is 385 g/mol. The fourth-order valence-electron chi connectivity index (χ4n) is 2.82. The highest BCUT2D eigenvalue weighted by molar-refractivity contribution is 6.07. The molecule has 1 aliphatic heterocycles. The molecule has 0 atom stereocenters. The largest absolute Gasteiger partial charge is 0.496 e. The number of ether oxygens (including phenoxy) is 4. The minimum absolute atomic E-state index is 0.153. The number of cyclic esters (lactones) is 1. The Morgan fingerprint density at radius 2 is 1.71 bits per heavy atom. The Balaban J connectivity index is 1.82. The summed E-state index contributed by atoms with van der Waals surface area (Å²) in [7, 11) is 4.57. The number of esters is 1. The van der Waals surface area contributed by atoms with Gasteiger partial charge < -0.3 is 18.9 Å². The maximum Gasteiger partial charge on any atom is 0.363 e. The van der Waals surface area contributed by atoms with E-state index < -0.39 is 5.97 Å². The molecule has 3 rings (SSSR count). The van der Waals surface area contributed by atoms with E-state index in [9.17, 15) is 9.18 Å². The van der Waals surface area contributed by atoms with Crippen LogP contribution in [0, 0.1) is 5.82 Å². The van der Waals surface area contributed by atoms with Crippen LogP contribution in [-0.4, -0.2) is 33.2 Å². The van der Waals surface area contributed by atoms with Crippen LogP contribution in [0.2, 0.25) is 0 Å².